The Bertz CT molecular complexity index is 6370. The van der Waals surface area contributed by atoms with Crippen LogP contribution in [0.1, 0.15) is 138 Å². The Balaban J connectivity index is 0.000000140. The number of rotatable bonds is 21. The number of nitrogens with zero attached hydrogens (tertiary/aromatic N) is 13. The molecule has 12 aromatic rings. The highest BCUT2D eigenvalue weighted by molar-refractivity contribution is 7.90. The fraction of sp³-hybridized carbons (Fsp3) is 0.258. The highest BCUT2D eigenvalue weighted by Crippen LogP contribution is 2.42. The number of nitrogens with two attached hydrogens (primary N) is 2. The number of halogens is 10. The van der Waals surface area contributed by atoms with Gasteiger partial charge in [0.2, 0.25) is 34.6 Å². The van der Waals surface area contributed by atoms with Crippen LogP contribution in [0.4, 0.5) is 74.6 Å². The topological polar surface area (TPSA) is 342 Å². The maximum absolute atomic E-state index is 13.2. The molecule has 0 radical (unpaired) electrons. The Kier molecular flexibility index (Phi) is 28.5. The Labute approximate surface area is 751 Å². The van der Waals surface area contributed by atoms with Crippen LogP contribution in [0, 0.1) is 11.3 Å². The van der Waals surface area contributed by atoms with Gasteiger partial charge < -0.3 is 52.3 Å². The van der Waals surface area contributed by atoms with Crippen LogP contribution in [0.3, 0.4) is 0 Å². The largest absolute Gasteiger partial charge is 0.416 e. The SMILES string of the molecule is C[C@@H](NC=O)Nc1cc(C(N)=O)nc(N2CCc3c(cccc3-c3cccc(C(F)(F)F)c3)C2)n1.C[C@@H](NC=O)Nc1cc(C(N)=O)nc(N2CCc3c(cccc3C3=CCCCC3)C2)n1.N#Cc1cc(N2CCc3c(cccc3-c3ccc(C(F)(F)F)cc3)C2)cc(Cl)n1.O=S(=O)(Cc1ncns1)c1cccc(N2CCc3c(cccc3-c3ccc(C(F)(F)F)cc3)C2)n1. The zero-order valence-electron chi connectivity index (χ0n) is 69.9. The van der Waals surface area contributed by atoms with E-state index in [9.17, 15) is 67.1 Å². The minimum Gasteiger partial charge on any atom is -0.367 e. The second kappa shape index (κ2) is 40.2. The van der Waals surface area contributed by atoms with Gasteiger partial charge in [0, 0.05) is 70.2 Å². The number of allylic oxidation sites excluding steroid dienone is 2. The number of alkyl halides is 9. The molecule has 0 spiro atoms. The van der Waals surface area contributed by atoms with E-state index in [1.165, 1.54) is 90.0 Å². The van der Waals surface area contributed by atoms with Crippen molar-refractivity contribution in [2.75, 3.05) is 56.4 Å². The van der Waals surface area contributed by atoms with E-state index < -0.39 is 63.0 Å². The molecule has 37 heteroatoms. The van der Waals surface area contributed by atoms with Crippen LogP contribution in [0.5, 0.6) is 0 Å². The van der Waals surface area contributed by atoms with E-state index in [4.69, 9.17) is 28.3 Å². The number of anilines is 6. The summed E-state index contributed by atoms with van der Waals surface area (Å²) in [4.78, 5) is 83.1. The van der Waals surface area contributed by atoms with Crippen LogP contribution in [-0.4, -0.2) is 111 Å². The van der Waals surface area contributed by atoms with Gasteiger partial charge in [-0.3, -0.25) is 19.2 Å². The first-order chi connectivity index (χ1) is 62.2. The van der Waals surface area contributed by atoms with Crippen molar-refractivity contribution in [2.24, 2.45) is 11.5 Å². The number of hydrogen-bond donors (Lipinski definition) is 6. The molecular weight excluding hydrogens is 1750 g/mol. The van der Waals surface area contributed by atoms with Gasteiger partial charge in [0.15, 0.2) is 5.03 Å². The maximum atomic E-state index is 13.2. The average molecular weight is 1840 g/mol. The lowest BCUT2D eigenvalue weighted by Gasteiger charge is -2.32. The number of carbonyl (C=O) groups excluding carboxylic acids is 4. The molecule has 0 saturated carbocycles. The zero-order valence-corrected chi connectivity index (χ0v) is 72.3. The summed E-state index contributed by atoms with van der Waals surface area (Å²) in [5, 5.41) is 20.9. The highest BCUT2D eigenvalue weighted by Gasteiger charge is 2.35. The summed E-state index contributed by atoms with van der Waals surface area (Å²) >= 11 is 7.07. The van der Waals surface area contributed by atoms with E-state index in [2.05, 4.69) is 94.6 Å². The maximum Gasteiger partial charge on any atom is 0.416 e. The van der Waals surface area contributed by atoms with Gasteiger partial charge in [0.25, 0.3) is 11.8 Å². The van der Waals surface area contributed by atoms with Gasteiger partial charge in [0.1, 0.15) is 62.8 Å². The lowest BCUT2D eigenvalue weighted by molar-refractivity contribution is -0.138. The third kappa shape index (κ3) is 22.6. The van der Waals surface area contributed by atoms with Crippen molar-refractivity contribution in [3.05, 3.63) is 294 Å². The Morgan fingerprint density at radius 3 is 1.43 bits per heavy atom. The summed E-state index contributed by atoms with van der Waals surface area (Å²) in [5.41, 5.74) is 26.4. The molecule has 4 amide bonds. The number of nitrogens with one attached hydrogen (secondary N) is 4. The van der Waals surface area contributed by atoms with Crippen molar-refractivity contribution in [1.29, 1.82) is 5.26 Å². The van der Waals surface area contributed by atoms with Crippen molar-refractivity contribution < 1.29 is 67.1 Å². The monoisotopic (exact) mass is 1830 g/mol. The Hall–Kier alpha value is -13.9. The number of primary amides is 2. The summed E-state index contributed by atoms with van der Waals surface area (Å²) in [7, 11) is -3.67. The minimum absolute atomic E-state index is 0.0133. The van der Waals surface area contributed by atoms with Crippen LogP contribution in [0.15, 0.2) is 205 Å². The quantitative estimate of drug-likeness (QED) is 0.0168. The molecule has 4 aliphatic heterocycles. The van der Waals surface area contributed by atoms with Crippen LogP contribution >= 0.6 is 23.1 Å². The van der Waals surface area contributed by atoms with Gasteiger partial charge in [-0.1, -0.05) is 133 Å². The summed E-state index contributed by atoms with van der Waals surface area (Å²) in [6, 6.07) is 52.7. The second-order valence-electron chi connectivity index (χ2n) is 31.1. The minimum atomic E-state index is -4.42. The summed E-state index contributed by atoms with van der Waals surface area (Å²) < 4.78 is 146. The molecule has 0 fully saturated rings. The van der Waals surface area contributed by atoms with Crippen LogP contribution in [0.2, 0.25) is 5.15 Å². The van der Waals surface area contributed by atoms with Gasteiger partial charge in [-0.05, 0) is 226 Å². The third-order valence-corrected chi connectivity index (χ3v) is 25.0. The molecule has 5 aromatic heterocycles. The number of amides is 4. The number of fused-ring (bicyclic) bond motifs is 4. The molecule has 7 aromatic carbocycles. The Morgan fingerprint density at radius 1 is 0.515 bits per heavy atom. The van der Waals surface area contributed by atoms with Crippen LogP contribution in [-0.2, 0) is 95.6 Å². The van der Waals surface area contributed by atoms with Gasteiger partial charge in [0.05, 0.1) is 29.0 Å². The fourth-order valence-corrected chi connectivity index (χ4v) is 18.4. The normalized spacial score (nSPS) is 14.6. The van der Waals surface area contributed by atoms with Crippen LogP contribution in [0.25, 0.3) is 39.0 Å². The van der Waals surface area contributed by atoms with E-state index in [0.717, 1.165) is 147 Å². The number of carbonyl (C=O) groups is 4. The molecule has 0 unspecified atom stereocenters. The molecule has 130 heavy (non-hydrogen) atoms. The molecule has 8 N–H and O–H groups in total. The third-order valence-electron chi connectivity index (χ3n) is 22.4. The van der Waals surface area contributed by atoms with E-state index in [1.807, 2.05) is 64.4 Å². The molecule has 0 bridgehead atoms. The molecule has 17 rings (SSSR count). The lowest BCUT2D eigenvalue weighted by Crippen LogP contribution is -2.35. The van der Waals surface area contributed by atoms with Gasteiger partial charge in [-0.25, -0.2) is 33.3 Å². The molecule has 1 aliphatic carbocycles. The van der Waals surface area contributed by atoms with Crippen LogP contribution < -0.4 is 52.3 Å². The first-order valence-electron chi connectivity index (χ1n) is 41.2. The first-order valence-corrected chi connectivity index (χ1v) is 44.0. The van der Waals surface area contributed by atoms with Crippen molar-refractivity contribution >= 4 is 98.2 Å². The zero-order chi connectivity index (χ0) is 92.2. The lowest BCUT2D eigenvalue weighted by atomic mass is 9.86. The molecule has 25 nitrogen and oxygen atoms in total. The van der Waals surface area contributed by atoms with Crippen molar-refractivity contribution in [2.45, 2.75) is 133 Å². The molecule has 9 heterocycles. The second-order valence-corrected chi connectivity index (χ2v) is 34.3. The summed E-state index contributed by atoms with van der Waals surface area (Å²) in [5.74, 6) is 0.425. The fourth-order valence-electron chi connectivity index (χ4n) is 16.2. The molecule has 670 valence electrons. The number of benzene rings is 7. The smallest absolute Gasteiger partial charge is 0.367 e. The van der Waals surface area contributed by atoms with E-state index in [0.29, 0.717) is 105 Å². The number of sulfone groups is 1. The summed E-state index contributed by atoms with van der Waals surface area (Å²) in [6.07, 6.45) is -1.45. The van der Waals surface area contributed by atoms with Gasteiger partial charge in [-0.15, -0.1) is 0 Å². The Morgan fingerprint density at radius 2 is 0.969 bits per heavy atom. The number of pyridine rings is 2. The predicted octanol–water partition coefficient (Wildman–Crippen LogP) is 16.9. The molecule has 0 saturated heterocycles. The number of hydrogen-bond acceptors (Lipinski definition) is 22. The first kappa shape index (κ1) is 92.3. The van der Waals surface area contributed by atoms with Gasteiger partial charge >= 0.3 is 18.5 Å². The molecule has 2 atom stereocenters. The average Bonchev–Trinajstić information content (AvgIpc) is 1.05. The predicted molar refractivity (Wildman–Crippen MR) is 477 cm³/mol. The van der Waals surface area contributed by atoms with Crippen molar-refractivity contribution in [1.82, 2.24) is 49.9 Å². The van der Waals surface area contributed by atoms with E-state index in [-0.39, 0.29) is 45.1 Å². The van der Waals surface area contributed by atoms with Gasteiger partial charge in [-0.2, -0.15) is 59.1 Å². The van der Waals surface area contributed by atoms with Crippen molar-refractivity contribution in [3.63, 3.8) is 0 Å². The number of nitriles is 1. The highest BCUT2D eigenvalue weighted by atomic mass is 35.5. The van der Waals surface area contributed by atoms with E-state index in [1.54, 1.807) is 50.2 Å². The van der Waals surface area contributed by atoms with E-state index >= 15 is 0 Å². The summed E-state index contributed by atoms with van der Waals surface area (Å²) in [6.45, 7) is 8.20. The number of aromatic nitrogens is 8. The molecule has 5 aliphatic rings. The standard InChI is InChI=1S/C24H23F3N6O2.C24H19F3N4O2S2.C23H28N6O2.C22H15ClF3N3/c1-14(29-13-34)30-21-11-20(22(28)35)31-23(32-21)33-9-8-19-16(12-33)5-3-7-18(19)15-4-2-6-17(10-15)24(25,26)27;25-24(26,27)18-9-7-16(8-10-18)19-4-1-3-17-13-31(12-11-20(17)19)21-5-2-6-23(30-21)35(32,33)14-22-28-15-29-34-22;1-15(25-14-30)26-21-12-20(22(24)31)27-23(28-21)29-11-10-19-17(13-29)8-5-9-18(19)16-6-3-2-4-7-16;23-21-11-18(10-17(12-27)28-21)29-9-8-20-15(13-29)2-1-3-19(20)14-4-6-16(7-5-14)22(24,25)26/h2-7,10-11,13-14H,8-9,12H2,1H3,(H2,28,35)(H,29,34)(H,30,31,32);1-10,15H,11-14H2;5-6,8-9,12,14-15H,2-4,7,10-11,13H2,1H3,(H2,24,31)(H,25,30)(H,26,27,28);1-7,10-11H,8-9,13H2/t14-;;15-;/m0.0./s1. The molecular formula is C93H85ClF9N19O6S2. The van der Waals surface area contributed by atoms with Crippen molar-refractivity contribution in [3.8, 4) is 39.4 Å².